The summed E-state index contributed by atoms with van der Waals surface area (Å²) in [5, 5.41) is 14.4. The number of rotatable bonds is 3. The Labute approximate surface area is 120 Å². The van der Waals surface area contributed by atoms with E-state index in [1.54, 1.807) is 30.8 Å². The van der Waals surface area contributed by atoms with Gasteiger partial charge in [-0.2, -0.15) is 5.10 Å². The smallest absolute Gasteiger partial charge is 0.339 e. The number of hydrogen-bond donors (Lipinski definition) is 1. The zero-order valence-electron chi connectivity index (χ0n) is 10.4. The van der Waals surface area contributed by atoms with Gasteiger partial charge in [-0.15, -0.1) is 0 Å². The van der Waals surface area contributed by atoms with Gasteiger partial charge in [0.15, 0.2) is 0 Å². The number of halogens is 2. The molecule has 0 aliphatic heterocycles. The van der Waals surface area contributed by atoms with Crippen molar-refractivity contribution < 1.29 is 9.90 Å². The Kier molecular flexibility index (Phi) is 3.83. The van der Waals surface area contributed by atoms with Crippen molar-refractivity contribution in [3.05, 3.63) is 50.8 Å². The van der Waals surface area contributed by atoms with Gasteiger partial charge in [0.2, 0.25) is 0 Å². The van der Waals surface area contributed by atoms with Gasteiger partial charge in [0.1, 0.15) is 5.56 Å². The molecule has 19 heavy (non-hydrogen) atoms. The van der Waals surface area contributed by atoms with E-state index in [2.05, 4.69) is 5.10 Å². The van der Waals surface area contributed by atoms with Crippen molar-refractivity contribution in [1.82, 2.24) is 9.78 Å². The molecule has 1 aromatic heterocycles. The number of aryl methyl sites for hydroxylation is 1. The molecule has 0 amide bonds. The molecule has 2 rings (SSSR count). The first kappa shape index (κ1) is 13.9. The van der Waals surface area contributed by atoms with Gasteiger partial charge in [-0.05, 0) is 24.6 Å². The minimum absolute atomic E-state index is 0.244. The van der Waals surface area contributed by atoms with Gasteiger partial charge in [0, 0.05) is 19.2 Å². The highest BCUT2D eigenvalue weighted by Crippen LogP contribution is 2.24. The molecular weight excluding hydrogens is 287 g/mol. The van der Waals surface area contributed by atoms with Crippen LogP contribution in [0.15, 0.2) is 18.2 Å². The Balaban J connectivity index is 2.40. The average molecular weight is 299 g/mol. The summed E-state index contributed by atoms with van der Waals surface area (Å²) < 4.78 is 1.57. The quantitative estimate of drug-likeness (QED) is 0.946. The lowest BCUT2D eigenvalue weighted by Crippen LogP contribution is -2.03. The molecule has 0 spiro atoms. The van der Waals surface area contributed by atoms with E-state index in [9.17, 15) is 9.90 Å². The van der Waals surface area contributed by atoms with Crippen LogP contribution < -0.4 is 0 Å². The third-order valence-electron chi connectivity index (χ3n) is 2.98. The van der Waals surface area contributed by atoms with Gasteiger partial charge in [0.05, 0.1) is 15.7 Å². The summed E-state index contributed by atoms with van der Waals surface area (Å²) in [6.45, 7) is 1.73. The molecule has 0 saturated carbocycles. The van der Waals surface area contributed by atoms with Crippen LogP contribution in [0.1, 0.15) is 27.3 Å². The van der Waals surface area contributed by atoms with Crippen molar-refractivity contribution in [2.45, 2.75) is 13.3 Å². The maximum Gasteiger partial charge on any atom is 0.339 e. The number of carbonyl (C=O) groups is 1. The standard InChI is InChI=1S/C13H12Cl2N2O2/c1-7-12(13(18)19)11(16-17(7)2)6-8-3-4-9(14)10(15)5-8/h3-5H,6H2,1-2H3,(H,18,19). The first-order valence-electron chi connectivity index (χ1n) is 5.60. The van der Waals surface area contributed by atoms with E-state index >= 15 is 0 Å². The molecule has 100 valence electrons. The second-order valence-electron chi connectivity index (χ2n) is 4.26. The van der Waals surface area contributed by atoms with Crippen molar-refractivity contribution in [3.63, 3.8) is 0 Å². The Morgan fingerprint density at radius 1 is 1.37 bits per heavy atom. The minimum Gasteiger partial charge on any atom is -0.478 e. The highest BCUT2D eigenvalue weighted by Gasteiger charge is 2.19. The lowest BCUT2D eigenvalue weighted by Gasteiger charge is -2.02. The van der Waals surface area contributed by atoms with Gasteiger partial charge < -0.3 is 5.11 Å². The van der Waals surface area contributed by atoms with E-state index < -0.39 is 5.97 Å². The fourth-order valence-corrected chi connectivity index (χ4v) is 2.24. The molecule has 0 bridgehead atoms. The topological polar surface area (TPSA) is 55.1 Å². The van der Waals surface area contributed by atoms with Crippen molar-refractivity contribution in [2.75, 3.05) is 0 Å². The zero-order valence-corrected chi connectivity index (χ0v) is 12.0. The van der Waals surface area contributed by atoms with Crippen LogP contribution in [0.25, 0.3) is 0 Å². The lowest BCUT2D eigenvalue weighted by molar-refractivity contribution is 0.0695. The highest BCUT2D eigenvalue weighted by atomic mass is 35.5. The molecule has 0 aliphatic rings. The molecule has 0 radical (unpaired) electrons. The van der Waals surface area contributed by atoms with Crippen molar-refractivity contribution in [3.8, 4) is 0 Å². The summed E-state index contributed by atoms with van der Waals surface area (Å²) in [5.41, 5.74) is 2.26. The van der Waals surface area contributed by atoms with E-state index in [0.717, 1.165) is 5.56 Å². The molecule has 4 nitrogen and oxygen atoms in total. The summed E-state index contributed by atoms with van der Waals surface area (Å²) in [6.07, 6.45) is 0.403. The zero-order chi connectivity index (χ0) is 14.2. The Bertz CT molecular complexity index is 650. The van der Waals surface area contributed by atoms with Crippen LogP contribution in [0.3, 0.4) is 0 Å². The third kappa shape index (κ3) is 2.74. The monoisotopic (exact) mass is 298 g/mol. The van der Waals surface area contributed by atoms with Crippen LogP contribution in [0.2, 0.25) is 10.0 Å². The summed E-state index contributed by atoms with van der Waals surface area (Å²) in [5.74, 6) is -0.972. The number of benzene rings is 1. The summed E-state index contributed by atoms with van der Waals surface area (Å²) in [4.78, 5) is 11.3. The molecule has 1 N–H and O–H groups in total. The van der Waals surface area contributed by atoms with E-state index in [4.69, 9.17) is 23.2 Å². The fraction of sp³-hybridized carbons (Fsp3) is 0.231. The third-order valence-corrected chi connectivity index (χ3v) is 3.71. The minimum atomic E-state index is -0.972. The first-order valence-corrected chi connectivity index (χ1v) is 6.35. The van der Waals surface area contributed by atoms with Crippen LogP contribution in [0.4, 0.5) is 0 Å². The predicted octanol–water partition coefficient (Wildman–Crippen LogP) is 3.32. The summed E-state index contributed by atoms with van der Waals surface area (Å²) in [7, 11) is 1.72. The maximum atomic E-state index is 11.3. The fourth-order valence-electron chi connectivity index (χ4n) is 1.92. The van der Waals surface area contributed by atoms with Crippen LogP contribution in [0, 0.1) is 6.92 Å². The maximum absolute atomic E-state index is 11.3. The lowest BCUT2D eigenvalue weighted by atomic mass is 10.1. The molecule has 6 heteroatoms. The van der Waals surface area contributed by atoms with E-state index in [1.807, 2.05) is 6.07 Å². The van der Waals surface area contributed by atoms with Gasteiger partial charge in [-0.25, -0.2) is 4.79 Å². The van der Waals surface area contributed by atoms with Crippen LogP contribution in [-0.2, 0) is 13.5 Å². The van der Waals surface area contributed by atoms with Crippen molar-refractivity contribution >= 4 is 29.2 Å². The first-order chi connectivity index (χ1) is 8.90. The highest BCUT2D eigenvalue weighted by molar-refractivity contribution is 6.42. The second kappa shape index (κ2) is 5.23. The molecule has 1 heterocycles. The number of aromatic carboxylic acids is 1. The van der Waals surface area contributed by atoms with Gasteiger partial charge in [-0.1, -0.05) is 29.3 Å². The van der Waals surface area contributed by atoms with Gasteiger partial charge in [-0.3, -0.25) is 4.68 Å². The second-order valence-corrected chi connectivity index (χ2v) is 5.08. The van der Waals surface area contributed by atoms with Gasteiger partial charge >= 0.3 is 5.97 Å². The normalized spacial score (nSPS) is 10.7. The molecule has 0 aliphatic carbocycles. The largest absolute Gasteiger partial charge is 0.478 e. The van der Waals surface area contributed by atoms with Crippen LogP contribution in [0.5, 0.6) is 0 Å². The Morgan fingerprint density at radius 2 is 2.05 bits per heavy atom. The molecule has 1 aromatic carbocycles. The van der Waals surface area contributed by atoms with Gasteiger partial charge in [0.25, 0.3) is 0 Å². The van der Waals surface area contributed by atoms with Crippen molar-refractivity contribution in [1.29, 1.82) is 0 Å². The van der Waals surface area contributed by atoms with Crippen molar-refractivity contribution in [2.24, 2.45) is 7.05 Å². The molecule has 0 unspecified atom stereocenters. The molecule has 0 saturated heterocycles. The molecular formula is C13H12Cl2N2O2. The van der Waals surface area contributed by atoms with Crippen LogP contribution >= 0.6 is 23.2 Å². The van der Waals surface area contributed by atoms with E-state index in [0.29, 0.717) is 27.9 Å². The van der Waals surface area contributed by atoms with E-state index in [-0.39, 0.29) is 5.56 Å². The number of carboxylic acid groups (broad SMARTS) is 1. The predicted molar refractivity (Wildman–Crippen MR) is 74.2 cm³/mol. The summed E-state index contributed by atoms with van der Waals surface area (Å²) in [6, 6.07) is 5.22. The summed E-state index contributed by atoms with van der Waals surface area (Å²) >= 11 is 11.8. The number of aromatic nitrogens is 2. The Hall–Kier alpha value is -1.52. The van der Waals surface area contributed by atoms with E-state index in [1.165, 1.54) is 0 Å². The Morgan fingerprint density at radius 3 is 2.63 bits per heavy atom. The molecule has 0 fully saturated rings. The average Bonchev–Trinajstić information content (AvgIpc) is 2.59. The SMILES string of the molecule is Cc1c(C(=O)O)c(Cc2ccc(Cl)c(Cl)c2)nn1C. The number of hydrogen-bond acceptors (Lipinski definition) is 2. The number of carboxylic acids is 1. The number of nitrogens with zero attached hydrogens (tertiary/aromatic N) is 2. The molecule has 0 atom stereocenters. The van der Waals surface area contributed by atoms with Crippen LogP contribution in [-0.4, -0.2) is 20.9 Å². The molecule has 2 aromatic rings.